The topological polar surface area (TPSA) is 78.5 Å². The van der Waals surface area contributed by atoms with E-state index in [1.807, 2.05) is 19.1 Å². The van der Waals surface area contributed by atoms with Gasteiger partial charge in [0, 0.05) is 11.3 Å². The molecule has 0 atom stereocenters. The third-order valence-corrected chi connectivity index (χ3v) is 4.22. The molecule has 0 spiro atoms. The lowest BCUT2D eigenvalue weighted by Gasteiger charge is -2.12. The van der Waals surface area contributed by atoms with Crippen LogP contribution in [0.25, 0.3) is 6.08 Å². The maximum absolute atomic E-state index is 13.9. The summed E-state index contributed by atoms with van der Waals surface area (Å²) in [5, 5.41) is 5.03. The third kappa shape index (κ3) is 4.15. The van der Waals surface area contributed by atoms with Crippen molar-refractivity contribution in [1.29, 1.82) is 0 Å². The van der Waals surface area contributed by atoms with E-state index in [0.29, 0.717) is 5.69 Å². The molecule has 2 aromatic carbocycles. The van der Waals surface area contributed by atoms with Crippen LogP contribution in [-0.2, 0) is 9.59 Å². The van der Waals surface area contributed by atoms with Gasteiger partial charge in [-0.05, 0) is 37.3 Å². The maximum Gasteiger partial charge on any atom is 0.329 e. The Kier molecular flexibility index (Phi) is 5.23. The van der Waals surface area contributed by atoms with E-state index in [9.17, 15) is 18.8 Å². The molecule has 0 radical (unpaired) electrons. The van der Waals surface area contributed by atoms with Gasteiger partial charge in [-0.15, -0.1) is 0 Å². The molecule has 0 unspecified atom stereocenters. The lowest BCUT2D eigenvalue weighted by atomic mass is 10.1. The number of carbonyl (C=O) groups is 3. The summed E-state index contributed by atoms with van der Waals surface area (Å²) < 4.78 is 13.9. The van der Waals surface area contributed by atoms with Crippen LogP contribution in [0.2, 0.25) is 5.02 Å². The average molecular weight is 388 g/mol. The van der Waals surface area contributed by atoms with E-state index in [1.165, 1.54) is 18.2 Å². The fourth-order valence-corrected chi connectivity index (χ4v) is 2.71. The highest BCUT2D eigenvalue weighted by Crippen LogP contribution is 2.23. The molecule has 1 aliphatic rings. The number of nitrogens with zero attached hydrogens (tertiary/aromatic N) is 1. The van der Waals surface area contributed by atoms with Crippen molar-refractivity contribution in [3.63, 3.8) is 0 Å². The number of carbonyl (C=O) groups excluding carboxylic acids is 3. The Balaban J connectivity index is 1.73. The molecule has 2 aromatic rings. The number of aryl methyl sites for hydroxylation is 1. The van der Waals surface area contributed by atoms with E-state index in [1.54, 1.807) is 12.1 Å². The van der Waals surface area contributed by atoms with Crippen LogP contribution >= 0.6 is 11.6 Å². The first kappa shape index (κ1) is 18.6. The van der Waals surface area contributed by atoms with Gasteiger partial charge in [0.2, 0.25) is 5.91 Å². The van der Waals surface area contributed by atoms with Gasteiger partial charge in [-0.3, -0.25) is 9.59 Å². The summed E-state index contributed by atoms with van der Waals surface area (Å²) in [5.41, 5.74) is 1.40. The maximum atomic E-state index is 13.9. The van der Waals surface area contributed by atoms with E-state index in [-0.39, 0.29) is 16.3 Å². The number of hydrogen-bond acceptors (Lipinski definition) is 3. The number of hydrogen-bond donors (Lipinski definition) is 2. The molecular formula is C19H15ClFN3O3. The first-order chi connectivity index (χ1) is 12.8. The summed E-state index contributed by atoms with van der Waals surface area (Å²) >= 11 is 5.93. The van der Waals surface area contributed by atoms with Crippen molar-refractivity contribution in [2.45, 2.75) is 6.92 Å². The molecule has 3 rings (SSSR count). The molecule has 0 saturated carbocycles. The Morgan fingerprint density at radius 2 is 1.93 bits per heavy atom. The Bertz CT molecular complexity index is 937. The minimum Gasteiger partial charge on any atom is -0.325 e. The number of halogens is 2. The summed E-state index contributed by atoms with van der Waals surface area (Å²) in [6.45, 7) is 1.44. The second-order valence-electron chi connectivity index (χ2n) is 5.93. The van der Waals surface area contributed by atoms with Gasteiger partial charge >= 0.3 is 6.03 Å². The molecule has 6 nitrogen and oxygen atoms in total. The van der Waals surface area contributed by atoms with Crippen molar-refractivity contribution in [3.8, 4) is 0 Å². The number of rotatable bonds is 4. The molecule has 1 aliphatic heterocycles. The van der Waals surface area contributed by atoms with Gasteiger partial charge in [0.1, 0.15) is 18.1 Å². The number of anilines is 1. The predicted molar refractivity (Wildman–Crippen MR) is 99.4 cm³/mol. The monoisotopic (exact) mass is 387 g/mol. The Hall–Kier alpha value is -3.19. The van der Waals surface area contributed by atoms with E-state index in [0.717, 1.165) is 16.5 Å². The molecule has 8 heteroatoms. The highest BCUT2D eigenvalue weighted by molar-refractivity contribution is 6.32. The number of nitrogens with one attached hydrogen (secondary N) is 2. The number of amides is 4. The fraction of sp³-hybridized carbons (Fsp3) is 0.105. The lowest BCUT2D eigenvalue weighted by Crippen LogP contribution is -2.38. The van der Waals surface area contributed by atoms with Crippen LogP contribution < -0.4 is 10.6 Å². The summed E-state index contributed by atoms with van der Waals surface area (Å²) in [7, 11) is 0. The highest BCUT2D eigenvalue weighted by atomic mass is 35.5. The number of urea groups is 1. The van der Waals surface area contributed by atoms with Crippen LogP contribution in [0, 0.1) is 12.7 Å². The third-order valence-electron chi connectivity index (χ3n) is 3.89. The molecule has 2 N–H and O–H groups in total. The van der Waals surface area contributed by atoms with Crippen molar-refractivity contribution in [2.24, 2.45) is 0 Å². The van der Waals surface area contributed by atoms with Crippen LogP contribution in [0.1, 0.15) is 11.1 Å². The zero-order valence-corrected chi connectivity index (χ0v) is 15.0. The number of benzene rings is 2. The normalized spacial score (nSPS) is 15.2. The predicted octanol–water partition coefficient (Wildman–Crippen LogP) is 3.32. The first-order valence-corrected chi connectivity index (χ1v) is 8.38. The van der Waals surface area contributed by atoms with Crippen molar-refractivity contribution in [1.82, 2.24) is 10.2 Å². The Morgan fingerprint density at radius 3 is 2.59 bits per heavy atom. The van der Waals surface area contributed by atoms with E-state index < -0.39 is 30.2 Å². The molecule has 138 valence electrons. The standard InChI is InChI=1S/C19H15ClFN3O3/c1-11-5-7-12(8-6-11)22-17(25)10-24-18(26)16(23-19(24)27)9-13-14(20)3-2-4-15(13)21/h2-9H,10H2,1H3,(H,22,25)(H,23,27)/b16-9+. The second-order valence-corrected chi connectivity index (χ2v) is 6.34. The largest absolute Gasteiger partial charge is 0.329 e. The van der Waals surface area contributed by atoms with Crippen molar-refractivity contribution >= 4 is 41.2 Å². The minimum atomic E-state index is -0.766. The van der Waals surface area contributed by atoms with Crippen molar-refractivity contribution < 1.29 is 18.8 Å². The van der Waals surface area contributed by atoms with E-state index in [4.69, 9.17) is 11.6 Å². The molecule has 0 aliphatic carbocycles. The summed E-state index contributed by atoms with van der Waals surface area (Å²) in [6.07, 6.45) is 1.15. The fourth-order valence-electron chi connectivity index (χ4n) is 2.49. The van der Waals surface area contributed by atoms with Gasteiger partial charge in [0.25, 0.3) is 5.91 Å². The molecule has 0 aromatic heterocycles. The SMILES string of the molecule is Cc1ccc(NC(=O)CN2C(=O)N/C(=C/c3c(F)cccc3Cl)C2=O)cc1. The van der Waals surface area contributed by atoms with Gasteiger partial charge in [-0.1, -0.05) is 35.4 Å². The van der Waals surface area contributed by atoms with Gasteiger partial charge in [0.15, 0.2) is 0 Å². The Labute approximate surface area is 159 Å². The molecule has 1 heterocycles. The molecule has 1 fully saturated rings. The summed E-state index contributed by atoms with van der Waals surface area (Å²) in [4.78, 5) is 37.3. The molecule has 4 amide bonds. The van der Waals surface area contributed by atoms with E-state index in [2.05, 4.69) is 10.6 Å². The van der Waals surface area contributed by atoms with Gasteiger partial charge in [0.05, 0.1) is 5.02 Å². The smallest absolute Gasteiger partial charge is 0.325 e. The van der Waals surface area contributed by atoms with Gasteiger partial charge in [-0.2, -0.15) is 0 Å². The van der Waals surface area contributed by atoms with Crippen LogP contribution in [0.15, 0.2) is 48.2 Å². The van der Waals surface area contributed by atoms with Crippen LogP contribution in [-0.4, -0.2) is 29.3 Å². The second kappa shape index (κ2) is 7.59. The zero-order chi connectivity index (χ0) is 19.6. The molecule has 27 heavy (non-hydrogen) atoms. The molecular weight excluding hydrogens is 373 g/mol. The Morgan fingerprint density at radius 1 is 1.22 bits per heavy atom. The first-order valence-electron chi connectivity index (χ1n) is 8.00. The molecule has 0 bridgehead atoms. The number of imide groups is 1. The van der Waals surface area contributed by atoms with Crippen LogP contribution in [0.4, 0.5) is 14.9 Å². The lowest BCUT2D eigenvalue weighted by molar-refractivity contribution is -0.127. The van der Waals surface area contributed by atoms with Gasteiger partial charge in [-0.25, -0.2) is 14.1 Å². The zero-order valence-electron chi connectivity index (χ0n) is 14.3. The summed E-state index contributed by atoms with van der Waals surface area (Å²) in [6, 6.07) is 10.4. The minimum absolute atomic E-state index is 0.0197. The highest BCUT2D eigenvalue weighted by Gasteiger charge is 2.35. The van der Waals surface area contributed by atoms with Gasteiger partial charge < -0.3 is 10.6 Å². The van der Waals surface area contributed by atoms with Crippen LogP contribution in [0.5, 0.6) is 0 Å². The summed E-state index contributed by atoms with van der Waals surface area (Å²) in [5.74, 6) is -1.90. The van der Waals surface area contributed by atoms with Crippen molar-refractivity contribution in [3.05, 3.63) is 70.1 Å². The average Bonchev–Trinajstić information content (AvgIpc) is 2.88. The van der Waals surface area contributed by atoms with Crippen LogP contribution in [0.3, 0.4) is 0 Å². The van der Waals surface area contributed by atoms with Crippen molar-refractivity contribution in [2.75, 3.05) is 11.9 Å². The quantitative estimate of drug-likeness (QED) is 0.624. The van der Waals surface area contributed by atoms with E-state index >= 15 is 0 Å². The molecule has 1 saturated heterocycles.